The second-order valence-corrected chi connectivity index (χ2v) is 6.97. The lowest BCUT2D eigenvalue weighted by Crippen LogP contribution is -2.17. The van der Waals surface area contributed by atoms with Crippen molar-refractivity contribution in [1.29, 1.82) is 0 Å². The Kier molecular flexibility index (Phi) is 5.02. The van der Waals surface area contributed by atoms with E-state index in [0.29, 0.717) is 0 Å². The fourth-order valence-electron chi connectivity index (χ4n) is 2.01. The zero-order chi connectivity index (χ0) is 15.4. The number of amides is 1. The zero-order valence-corrected chi connectivity index (χ0v) is 13.8. The molecule has 21 heavy (non-hydrogen) atoms. The van der Waals surface area contributed by atoms with Crippen LogP contribution in [0.1, 0.15) is 29.2 Å². The lowest BCUT2D eigenvalue weighted by Gasteiger charge is -2.10. The molecule has 0 aliphatic carbocycles. The normalized spacial score (nSPS) is 10.7. The molecule has 0 saturated carbocycles. The average Bonchev–Trinajstić information content (AvgIpc) is 2.76. The van der Waals surface area contributed by atoms with Crippen molar-refractivity contribution in [2.24, 2.45) is 5.92 Å². The Labute approximate surface area is 130 Å². The third-order valence-corrected chi connectivity index (χ3v) is 4.31. The lowest BCUT2D eigenvalue weighted by molar-refractivity contribution is -0.118. The highest BCUT2D eigenvalue weighted by atomic mass is 32.1. The smallest absolute Gasteiger partial charge is 0.226 e. The summed E-state index contributed by atoms with van der Waals surface area (Å²) in [5, 5.41) is 6.30. The van der Waals surface area contributed by atoms with Crippen molar-refractivity contribution in [1.82, 2.24) is 0 Å². The van der Waals surface area contributed by atoms with Crippen LogP contribution in [0.25, 0.3) is 0 Å². The van der Waals surface area contributed by atoms with Crippen LogP contribution in [0.15, 0.2) is 30.3 Å². The molecule has 0 unspecified atom stereocenters. The van der Waals surface area contributed by atoms with Gasteiger partial charge in [0.2, 0.25) is 5.91 Å². The summed E-state index contributed by atoms with van der Waals surface area (Å²) in [6.07, 6.45) is 0. The number of carbonyl (C=O) groups is 1. The third kappa shape index (κ3) is 4.33. The summed E-state index contributed by atoms with van der Waals surface area (Å²) in [6.45, 7) is 8.88. The molecule has 0 bridgehead atoms. The highest BCUT2D eigenvalue weighted by Gasteiger charge is 2.07. The molecule has 3 nitrogen and oxygen atoms in total. The molecule has 0 aliphatic heterocycles. The first-order valence-corrected chi connectivity index (χ1v) is 7.98. The van der Waals surface area contributed by atoms with Crippen molar-refractivity contribution in [3.63, 3.8) is 0 Å². The monoisotopic (exact) mass is 302 g/mol. The van der Waals surface area contributed by atoms with Gasteiger partial charge >= 0.3 is 0 Å². The molecule has 1 aromatic carbocycles. The van der Waals surface area contributed by atoms with Crippen LogP contribution in [0, 0.1) is 19.8 Å². The molecule has 0 spiro atoms. The summed E-state index contributed by atoms with van der Waals surface area (Å²) in [6, 6.07) is 10.1. The Balaban J connectivity index is 1.93. The number of nitrogens with one attached hydrogen (secondary N) is 2. The number of hydrogen-bond acceptors (Lipinski definition) is 3. The molecule has 4 heteroatoms. The molecule has 1 aromatic heterocycles. The highest BCUT2D eigenvalue weighted by Crippen LogP contribution is 2.22. The minimum absolute atomic E-state index is 0.00685. The highest BCUT2D eigenvalue weighted by molar-refractivity contribution is 7.12. The van der Waals surface area contributed by atoms with Gasteiger partial charge in [0.15, 0.2) is 0 Å². The molecule has 112 valence electrons. The molecule has 0 aliphatic rings. The van der Waals surface area contributed by atoms with Gasteiger partial charge in [-0.1, -0.05) is 13.8 Å². The van der Waals surface area contributed by atoms with E-state index in [4.69, 9.17) is 0 Å². The second kappa shape index (κ2) is 6.76. The molecule has 1 amide bonds. The SMILES string of the molecule is Cc1cc(CNc2ccc(NC(=O)C(C)C)cc2)c(C)s1. The average molecular weight is 302 g/mol. The van der Waals surface area contributed by atoms with Gasteiger partial charge in [-0.05, 0) is 49.7 Å². The van der Waals surface area contributed by atoms with Crippen molar-refractivity contribution < 1.29 is 4.79 Å². The van der Waals surface area contributed by atoms with Gasteiger partial charge in [-0.15, -0.1) is 11.3 Å². The van der Waals surface area contributed by atoms with Gasteiger partial charge in [0.05, 0.1) is 0 Å². The number of aryl methyl sites for hydroxylation is 2. The maximum absolute atomic E-state index is 11.6. The summed E-state index contributed by atoms with van der Waals surface area (Å²) in [4.78, 5) is 14.3. The topological polar surface area (TPSA) is 41.1 Å². The third-order valence-electron chi connectivity index (χ3n) is 3.30. The Morgan fingerprint density at radius 2 is 1.76 bits per heavy atom. The second-order valence-electron chi connectivity index (χ2n) is 5.51. The molecule has 1 heterocycles. The van der Waals surface area contributed by atoms with E-state index < -0.39 is 0 Å². The Morgan fingerprint density at radius 3 is 2.29 bits per heavy atom. The molecule has 2 aromatic rings. The van der Waals surface area contributed by atoms with Crippen LogP contribution < -0.4 is 10.6 Å². The van der Waals surface area contributed by atoms with E-state index in [1.54, 1.807) is 0 Å². The lowest BCUT2D eigenvalue weighted by atomic mass is 10.2. The van der Waals surface area contributed by atoms with Gasteiger partial charge in [-0.25, -0.2) is 0 Å². The minimum Gasteiger partial charge on any atom is -0.381 e. The van der Waals surface area contributed by atoms with Gasteiger partial charge in [-0.3, -0.25) is 4.79 Å². The van der Waals surface area contributed by atoms with E-state index in [9.17, 15) is 4.79 Å². The predicted octanol–water partition coefficient (Wildman–Crippen LogP) is 4.57. The van der Waals surface area contributed by atoms with Crippen LogP contribution in [0.5, 0.6) is 0 Å². The van der Waals surface area contributed by atoms with Crippen LogP contribution >= 0.6 is 11.3 Å². The van der Waals surface area contributed by atoms with Gasteiger partial charge < -0.3 is 10.6 Å². The molecule has 0 atom stereocenters. The molecular weight excluding hydrogens is 280 g/mol. The molecule has 0 radical (unpaired) electrons. The van der Waals surface area contributed by atoms with Crippen molar-refractivity contribution >= 4 is 28.6 Å². The van der Waals surface area contributed by atoms with E-state index in [-0.39, 0.29) is 11.8 Å². The minimum atomic E-state index is -0.00685. The zero-order valence-electron chi connectivity index (χ0n) is 13.0. The van der Waals surface area contributed by atoms with Crippen LogP contribution in [0.4, 0.5) is 11.4 Å². The number of benzene rings is 1. The summed E-state index contributed by atoms with van der Waals surface area (Å²) in [5.41, 5.74) is 3.23. The molecular formula is C17H22N2OS. The number of anilines is 2. The summed E-state index contributed by atoms with van der Waals surface area (Å²) >= 11 is 1.83. The Hall–Kier alpha value is -1.81. The van der Waals surface area contributed by atoms with E-state index in [0.717, 1.165) is 17.9 Å². The molecule has 0 fully saturated rings. The van der Waals surface area contributed by atoms with Crippen molar-refractivity contribution in [3.05, 3.63) is 45.6 Å². The predicted molar refractivity (Wildman–Crippen MR) is 91.0 cm³/mol. The number of rotatable bonds is 5. The fourth-order valence-corrected chi connectivity index (χ4v) is 2.96. The first-order valence-electron chi connectivity index (χ1n) is 7.16. The van der Waals surface area contributed by atoms with E-state index >= 15 is 0 Å². The number of thiophene rings is 1. The standard InChI is InChI=1S/C17H22N2OS/c1-11(2)17(20)19-16-7-5-15(6-8-16)18-10-14-9-12(3)21-13(14)4/h5-9,11,18H,10H2,1-4H3,(H,19,20). The van der Waals surface area contributed by atoms with Crippen molar-refractivity contribution in [3.8, 4) is 0 Å². The van der Waals surface area contributed by atoms with Crippen LogP contribution in [0.2, 0.25) is 0 Å². The fraction of sp³-hybridized carbons (Fsp3) is 0.353. The first-order chi connectivity index (χ1) is 9.95. The van der Waals surface area contributed by atoms with E-state index in [1.807, 2.05) is 49.4 Å². The summed E-state index contributed by atoms with van der Waals surface area (Å²) in [5.74, 6) is 0.0349. The number of hydrogen-bond donors (Lipinski definition) is 2. The van der Waals surface area contributed by atoms with Crippen LogP contribution in [-0.2, 0) is 11.3 Å². The van der Waals surface area contributed by atoms with Crippen molar-refractivity contribution in [2.75, 3.05) is 10.6 Å². The van der Waals surface area contributed by atoms with Gasteiger partial charge in [0.25, 0.3) is 0 Å². The van der Waals surface area contributed by atoms with Gasteiger partial charge in [-0.2, -0.15) is 0 Å². The summed E-state index contributed by atoms with van der Waals surface area (Å²) in [7, 11) is 0. The van der Waals surface area contributed by atoms with E-state index in [1.165, 1.54) is 15.3 Å². The van der Waals surface area contributed by atoms with Crippen LogP contribution in [-0.4, -0.2) is 5.91 Å². The maximum Gasteiger partial charge on any atom is 0.226 e. The quantitative estimate of drug-likeness (QED) is 0.849. The first kappa shape index (κ1) is 15.6. The molecule has 2 N–H and O–H groups in total. The maximum atomic E-state index is 11.6. The van der Waals surface area contributed by atoms with Gasteiger partial charge in [0.1, 0.15) is 0 Å². The Morgan fingerprint density at radius 1 is 1.14 bits per heavy atom. The number of carbonyl (C=O) groups excluding carboxylic acids is 1. The van der Waals surface area contributed by atoms with Crippen molar-refractivity contribution in [2.45, 2.75) is 34.2 Å². The largest absolute Gasteiger partial charge is 0.381 e. The van der Waals surface area contributed by atoms with E-state index in [2.05, 4.69) is 30.5 Å². The Bertz CT molecular complexity index is 614. The summed E-state index contributed by atoms with van der Waals surface area (Å²) < 4.78 is 0. The molecule has 0 saturated heterocycles. The molecule has 2 rings (SSSR count). The van der Waals surface area contributed by atoms with Gasteiger partial charge in [0, 0.05) is 33.6 Å². The van der Waals surface area contributed by atoms with Crippen LogP contribution in [0.3, 0.4) is 0 Å².